The fourth-order valence-corrected chi connectivity index (χ4v) is 2.75. The number of hydrogen-bond acceptors (Lipinski definition) is 3. The predicted octanol–water partition coefficient (Wildman–Crippen LogP) is 2.36. The maximum atomic E-state index is 11.6. The van der Waals surface area contributed by atoms with E-state index in [4.69, 9.17) is 0 Å². The number of carbonyl (C=O) groups is 1. The van der Waals surface area contributed by atoms with Crippen molar-refractivity contribution >= 4 is 17.7 Å². The summed E-state index contributed by atoms with van der Waals surface area (Å²) in [5.74, 6) is 1.40. The first kappa shape index (κ1) is 15.8. The molecule has 1 heterocycles. The van der Waals surface area contributed by atoms with Gasteiger partial charge in [-0.25, -0.2) is 0 Å². The monoisotopic (exact) mass is 272 g/mol. The highest BCUT2D eigenvalue weighted by Crippen LogP contribution is 2.23. The first-order chi connectivity index (χ1) is 8.29. The molecule has 0 radical (unpaired) electrons. The first-order valence-electron chi connectivity index (χ1n) is 6.92. The Morgan fingerprint density at radius 3 is 2.61 bits per heavy atom. The molecule has 106 valence electrons. The fraction of sp³-hybridized carbons (Fsp3) is 0.929. The lowest BCUT2D eigenvalue weighted by Crippen LogP contribution is -2.40. The maximum absolute atomic E-state index is 11.6. The van der Waals surface area contributed by atoms with Crippen molar-refractivity contribution in [3.05, 3.63) is 0 Å². The van der Waals surface area contributed by atoms with Gasteiger partial charge in [-0.1, -0.05) is 13.8 Å². The summed E-state index contributed by atoms with van der Waals surface area (Å²) in [5.41, 5.74) is 0.256. The standard InChI is InChI=1S/C14H28N2OS/c1-11(2)18-10-13(17)15-8-12-6-7-16(9-12)14(3,4)5/h11-12H,6-10H2,1-5H3,(H,15,17). The van der Waals surface area contributed by atoms with Crippen LogP contribution in [0.1, 0.15) is 41.0 Å². The molecule has 1 fully saturated rings. The molecule has 0 aromatic carbocycles. The van der Waals surface area contributed by atoms with Crippen LogP contribution in [-0.2, 0) is 4.79 Å². The molecular weight excluding hydrogens is 244 g/mol. The molecule has 1 atom stereocenters. The molecule has 1 N–H and O–H groups in total. The van der Waals surface area contributed by atoms with E-state index >= 15 is 0 Å². The molecule has 1 aliphatic rings. The van der Waals surface area contributed by atoms with Gasteiger partial charge in [-0.05, 0) is 44.9 Å². The van der Waals surface area contributed by atoms with Gasteiger partial charge in [-0.3, -0.25) is 9.69 Å². The zero-order valence-electron chi connectivity index (χ0n) is 12.5. The number of amides is 1. The van der Waals surface area contributed by atoms with Gasteiger partial charge in [0, 0.05) is 18.6 Å². The highest BCUT2D eigenvalue weighted by atomic mass is 32.2. The van der Waals surface area contributed by atoms with Crippen LogP contribution in [0.5, 0.6) is 0 Å². The van der Waals surface area contributed by atoms with Crippen LogP contribution in [0, 0.1) is 5.92 Å². The molecular formula is C14H28N2OS. The predicted molar refractivity (Wildman–Crippen MR) is 80.0 cm³/mol. The van der Waals surface area contributed by atoms with E-state index in [1.165, 1.54) is 6.42 Å². The maximum Gasteiger partial charge on any atom is 0.230 e. The summed E-state index contributed by atoms with van der Waals surface area (Å²) in [4.78, 5) is 14.1. The van der Waals surface area contributed by atoms with Crippen LogP contribution in [0.3, 0.4) is 0 Å². The van der Waals surface area contributed by atoms with Gasteiger partial charge in [0.2, 0.25) is 5.91 Å². The van der Waals surface area contributed by atoms with E-state index < -0.39 is 0 Å². The van der Waals surface area contributed by atoms with Crippen LogP contribution in [0.25, 0.3) is 0 Å². The second kappa shape index (κ2) is 6.80. The molecule has 1 saturated heterocycles. The van der Waals surface area contributed by atoms with Gasteiger partial charge < -0.3 is 5.32 Å². The lowest BCUT2D eigenvalue weighted by atomic mass is 10.1. The van der Waals surface area contributed by atoms with Crippen molar-refractivity contribution in [1.29, 1.82) is 0 Å². The van der Waals surface area contributed by atoms with Gasteiger partial charge in [0.05, 0.1) is 5.75 Å². The molecule has 0 bridgehead atoms. The molecule has 0 spiro atoms. The summed E-state index contributed by atoms with van der Waals surface area (Å²) in [7, 11) is 0. The second-order valence-electron chi connectivity index (χ2n) is 6.44. The number of rotatable bonds is 5. The van der Waals surface area contributed by atoms with Gasteiger partial charge in [0.25, 0.3) is 0 Å². The number of nitrogens with one attached hydrogen (secondary N) is 1. The molecule has 18 heavy (non-hydrogen) atoms. The van der Waals surface area contributed by atoms with E-state index in [0.29, 0.717) is 16.9 Å². The fourth-order valence-electron chi connectivity index (χ4n) is 2.16. The van der Waals surface area contributed by atoms with Crippen LogP contribution in [0.15, 0.2) is 0 Å². The van der Waals surface area contributed by atoms with Crippen molar-refractivity contribution in [3.63, 3.8) is 0 Å². The van der Waals surface area contributed by atoms with Crippen molar-refractivity contribution in [2.45, 2.75) is 51.8 Å². The zero-order chi connectivity index (χ0) is 13.8. The summed E-state index contributed by atoms with van der Waals surface area (Å²) < 4.78 is 0. The third-order valence-electron chi connectivity index (χ3n) is 3.37. The summed E-state index contributed by atoms with van der Waals surface area (Å²) in [6, 6.07) is 0. The molecule has 1 rings (SSSR count). The first-order valence-corrected chi connectivity index (χ1v) is 7.97. The molecule has 0 aliphatic carbocycles. The Labute approximate surface area is 116 Å². The van der Waals surface area contributed by atoms with Crippen LogP contribution < -0.4 is 5.32 Å². The summed E-state index contributed by atoms with van der Waals surface area (Å²) in [6.45, 7) is 14.1. The van der Waals surface area contributed by atoms with Gasteiger partial charge in [0.1, 0.15) is 0 Å². The third kappa shape index (κ3) is 5.61. The number of likely N-dealkylation sites (tertiary alicyclic amines) is 1. The van der Waals surface area contributed by atoms with Crippen LogP contribution >= 0.6 is 11.8 Å². The van der Waals surface area contributed by atoms with Gasteiger partial charge in [-0.15, -0.1) is 11.8 Å². The zero-order valence-corrected chi connectivity index (χ0v) is 13.3. The van der Waals surface area contributed by atoms with E-state index in [0.717, 1.165) is 19.6 Å². The van der Waals surface area contributed by atoms with Crippen molar-refractivity contribution in [2.24, 2.45) is 5.92 Å². The number of carbonyl (C=O) groups excluding carboxylic acids is 1. The smallest absolute Gasteiger partial charge is 0.230 e. The normalized spacial score (nSPS) is 21.6. The number of thioether (sulfide) groups is 1. The summed E-state index contributed by atoms with van der Waals surface area (Å²) in [6.07, 6.45) is 1.20. The van der Waals surface area contributed by atoms with Crippen molar-refractivity contribution in [3.8, 4) is 0 Å². The minimum absolute atomic E-state index is 0.183. The second-order valence-corrected chi connectivity index (χ2v) is 8.00. The van der Waals surface area contributed by atoms with Crippen LogP contribution in [-0.4, -0.2) is 47.0 Å². The molecule has 4 heteroatoms. The van der Waals surface area contributed by atoms with E-state index in [-0.39, 0.29) is 11.4 Å². The molecule has 1 aliphatic heterocycles. The largest absolute Gasteiger partial charge is 0.355 e. The highest BCUT2D eigenvalue weighted by Gasteiger charge is 2.30. The molecule has 0 saturated carbocycles. The Balaban J connectivity index is 2.20. The molecule has 3 nitrogen and oxygen atoms in total. The minimum atomic E-state index is 0.183. The summed E-state index contributed by atoms with van der Waals surface area (Å²) in [5, 5.41) is 3.59. The van der Waals surface area contributed by atoms with E-state index in [1.54, 1.807) is 11.8 Å². The van der Waals surface area contributed by atoms with Gasteiger partial charge in [0.15, 0.2) is 0 Å². The van der Waals surface area contributed by atoms with Gasteiger partial charge >= 0.3 is 0 Å². The number of nitrogens with zero attached hydrogens (tertiary/aromatic N) is 1. The topological polar surface area (TPSA) is 32.3 Å². The lowest BCUT2D eigenvalue weighted by Gasteiger charge is -2.31. The Morgan fingerprint density at radius 2 is 2.11 bits per heavy atom. The van der Waals surface area contributed by atoms with Crippen LogP contribution in [0.2, 0.25) is 0 Å². The van der Waals surface area contributed by atoms with Crippen molar-refractivity contribution in [2.75, 3.05) is 25.4 Å². The SMILES string of the molecule is CC(C)SCC(=O)NCC1CCN(C(C)(C)C)C1. The number of hydrogen-bond donors (Lipinski definition) is 1. The average Bonchev–Trinajstić information content (AvgIpc) is 2.71. The lowest BCUT2D eigenvalue weighted by molar-refractivity contribution is -0.118. The van der Waals surface area contributed by atoms with Gasteiger partial charge in [-0.2, -0.15) is 0 Å². The quantitative estimate of drug-likeness (QED) is 0.834. The molecule has 1 amide bonds. The Morgan fingerprint density at radius 1 is 1.44 bits per heavy atom. The Hall–Kier alpha value is -0.220. The van der Waals surface area contributed by atoms with E-state index in [9.17, 15) is 4.79 Å². The average molecular weight is 272 g/mol. The molecule has 0 aromatic rings. The van der Waals surface area contributed by atoms with E-state index in [2.05, 4.69) is 44.8 Å². The Kier molecular flexibility index (Phi) is 5.99. The van der Waals surface area contributed by atoms with Crippen molar-refractivity contribution < 1.29 is 4.79 Å². The Bertz CT molecular complexity index is 273. The minimum Gasteiger partial charge on any atom is -0.355 e. The summed E-state index contributed by atoms with van der Waals surface area (Å²) >= 11 is 1.70. The van der Waals surface area contributed by atoms with Crippen molar-refractivity contribution in [1.82, 2.24) is 10.2 Å². The molecule has 1 unspecified atom stereocenters. The highest BCUT2D eigenvalue weighted by molar-refractivity contribution is 8.00. The third-order valence-corrected chi connectivity index (χ3v) is 4.47. The van der Waals surface area contributed by atoms with Crippen LogP contribution in [0.4, 0.5) is 0 Å². The van der Waals surface area contributed by atoms with E-state index in [1.807, 2.05) is 0 Å². The molecule has 0 aromatic heterocycles.